The summed E-state index contributed by atoms with van der Waals surface area (Å²) in [6.07, 6.45) is 2.52. The summed E-state index contributed by atoms with van der Waals surface area (Å²) >= 11 is 0. The van der Waals surface area contributed by atoms with Gasteiger partial charge in [0.05, 0.1) is 12.0 Å². The van der Waals surface area contributed by atoms with Gasteiger partial charge in [-0.15, -0.1) is 0 Å². The maximum atomic E-state index is 13.3. The summed E-state index contributed by atoms with van der Waals surface area (Å²) in [7, 11) is 0. The quantitative estimate of drug-likeness (QED) is 0.815. The Morgan fingerprint density at radius 2 is 1.71 bits per heavy atom. The molecule has 0 bridgehead atoms. The average Bonchev–Trinajstić information content (AvgIpc) is 3.31. The van der Waals surface area contributed by atoms with Crippen LogP contribution in [0.4, 0.5) is 4.39 Å². The Morgan fingerprint density at radius 3 is 2.43 bits per heavy atom. The molecule has 1 aliphatic carbocycles. The van der Waals surface area contributed by atoms with Crippen molar-refractivity contribution in [2.24, 2.45) is 0 Å². The Labute approximate surface area is 122 Å². The molecule has 3 heteroatoms. The number of hydrogen-bond acceptors (Lipinski definition) is 2. The zero-order valence-electron chi connectivity index (χ0n) is 11.5. The lowest BCUT2D eigenvalue weighted by molar-refractivity contribution is 0.0849. The molecule has 1 atom stereocenters. The van der Waals surface area contributed by atoms with E-state index in [0.717, 1.165) is 5.56 Å². The molecule has 21 heavy (non-hydrogen) atoms. The first kappa shape index (κ1) is 12.6. The molecule has 0 spiro atoms. The number of hydrogen-bond donors (Lipinski definition) is 0. The highest BCUT2D eigenvalue weighted by atomic mass is 19.1. The highest BCUT2D eigenvalue weighted by Gasteiger charge is 2.28. The first-order valence-corrected chi connectivity index (χ1v) is 7.30. The maximum Gasteiger partial charge on any atom is 0.170 e. The van der Waals surface area contributed by atoms with Crippen molar-refractivity contribution in [3.8, 4) is 5.75 Å². The Kier molecular flexibility index (Phi) is 2.81. The van der Waals surface area contributed by atoms with Crippen LogP contribution in [0, 0.1) is 5.82 Å². The van der Waals surface area contributed by atoms with E-state index in [1.54, 1.807) is 0 Å². The molecule has 106 valence electrons. The molecule has 1 aliphatic heterocycles. The molecular weight excluding hydrogens is 267 g/mol. The molecule has 4 rings (SSSR count). The molecule has 0 radical (unpaired) electrons. The Balaban J connectivity index is 1.63. The highest BCUT2D eigenvalue weighted by molar-refractivity contribution is 6.00. The summed E-state index contributed by atoms with van der Waals surface area (Å²) in [5.74, 6) is 0.684. The van der Waals surface area contributed by atoms with Gasteiger partial charge in [0, 0.05) is 6.07 Å². The van der Waals surface area contributed by atoms with Crippen molar-refractivity contribution in [3.63, 3.8) is 0 Å². The van der Waals surface area contributed by atoms with Crippen LogP contribution in [0.1, 0.15) is 52.8 Å². The molecule has 0 saturated heterocycles. The van der Waals surface area contributed by atoms with Gasteiger partial charge in [0.1, 0.15) is 17.7 Å². The molecule has 2 aromatic rings. The largest absolute Gasteiger partial charge is 0.484 e. The number of carbonyl (C=O) groups excluding carboxylic acids is 1. The third-order valence-electron chi connectivity index (χ3n) is 4.24. The summed E-state index contributed by atoms with van der Waals surface area (Å²) in [6, 6.07) is 12.4. The van der Waals surface area contributed by atoms with Crippen molar-refractivity contribution < 1.29 is 13.9 Å². The van der Waals surface area contributed by atoms with E-state index in [0.29, 0.717) is 23.7 Å². The molecule has 2 nitrogen and oxygen atoms in total. The van der Waals surface area contributed by atoms with Crippen LogP contribution in [-0.4, -0.2) is 5.78 Å². The van der Waals surface area contributed by atoms with Crippen LogP contribution in [0.15, 0.2) is 42.5 Å². The van der Waals surface area contributed by atoms with Crippen molar-refractivity contribution in [3.05, 3.63) is 65.0 Å². The van der Waals surface area contributed by atoms with Gasteiger partial charge in [0.2, 0.25) is 0 Å². The van der Waals surface area contributed by atoms with E-state index < -0.39 is 0 Å². The third kappa shape index (κ3) is 2.33. The molecule has 2 aliphatic rings. The number of benzene rings is 2. The fraction of sp³-hybridized carbons (Fsp3) is 0.278. The number of ketones is 1. The monoisotopic (exact) mass is 282 g/mol. The Hall–Kier alpha value is -2.16. The minimum Gasteiger partial charge on any atom is -0.484 e. The molecular formula is C18H15FO2. The zero-order valence-corrected chi connectivity index (χ0v) is 11.5. The fourth-order valence-electron chi connectivity index (χ4n) is 2.88. The maximum absolute atomic E-state index is 13.3. The summed E-state index contributed by atoms with van der Waals surface area (Å²) in [5.41, 5.74) is 2.80. The van der Waals surface area contributed by atoms with Crippen LogP contribution in [0.5, 0.6) is 5.75 Å². The van der Waals surface area contributed by atoms with Crippen LogP contribution in [0.2, 0.25) is 0 Å². The van der Waals surface area contributed by atoms with Crippen molar-refractivity contribution in [1.29, 1.82) is 0 Å². The van der Waals surface area contributed by atoms with Crippen LogP contribution >= 0.6 is 0 Å². The van der Waals surface area contributed by atoms with E-state index in [4.69, 9.17) is 4.74 Å². The van der Waals surface area contributed by atoms with Gasteiger partial charge in [-0.1, -0.05) is 24.3 Å². The molecule has 1 heterocycles. The number of fused-ring (bicyclic) bond motifs is 1. The average molecular weight is 282 g/mol. The fourth-order valence-corrected chi connectivity index (χ4v) is 2.88. The van der Waals surface area contributed by atoms with Gasteiger partial charge < -0.3 is 4.74 Å². The number of Topliss-reactive ketones (excluding diaryl/α,β-unsaturated/α-hetero) is 1. The van der Waals surface area contributed by atoms with Gasteiger partial charge >= 0.3 is 0 Å². The second kappa shape index (κ2) is 4.69. The van der Waals surface area contributed by atoms with Crippen LogP contribution in [0.25, 0.3) is 0 Å². The summed E-state index contributed by atoms with van der Waals surface area (Å²) in [5, 5.41) is 0. The van der Waals surface area contributed by atoms with Crippen LogP contribution < -0.4 is 4.74 Å². The molecule has 1 fully saturated rings. The predicted octanol–water partition coefficient (Wildman–Crippen LogP) is 4.41. The van der Waals surface area contributed by atoms with E-state index in [9.17, 15) is 9.18 Å². The number of carbonyl (C=O) groups is 1. The third-order valence-corrected chi connectivity index (χ3v) is 4.24. The molecule has 1 unspecified atom stereocenters. The first-order chi connectivity index (χ1) is 10.2. The standard InChI is InChI=1S/C18H15FO2/c19-14-7-8-15-16(20)10-17(21-18(15)9-14)13-5-3-12(4-6-13)11-1-2-11/h3-9,11,17H,1-2,10H2. The molecule has 0 amide bonds. The number of halogens is 1. The van der Waals surface area contributed by atoms with Crippen molar-refractivity contribution in [2.75, 3.05) is 0 Å². The van der Waals surface area contributed by atoms with Crippen molar-refractivity contribution in [2.45, 2.75) is 31.3 Å². The minimum atomic E-state index is -0.383. The van der Waals surface area contributed by atoms with E-state index in [2.05, 4.69) is 12.1 Å². The zero-order chi connectivity index (χ0) is 14.4. The lowest BCUT2D eigenvalue weighted by atomic mass is 9.95. The second-order valence-corrected chi connectivity index (χ2v) is 5.82. The normalized spacial score (nSPS) is 20.8. The van der Waals surface area contributed by atoms with Gasteiger partial charge in [0.15, 0.2) is 5.78 Å². The summed E-state index contributed by atoms with van der Waals surface area (Å²) in [6.45, 7) is 0. The van der Waals surface area contributed by atoms with Gasteiger partial charge in [-0.05, 0) is 42.0 Å². The number of ether oxygens (including phenoxy) is 1. The smallest absolute Gasteiger partial charge is 0.170 e. The summed E-state index contributed by atoms with van der Waals surface area (Å²) in [4.78, 5) is 12.2. The lowest BCUT2D eigenvalue weighted by Crippen LogP contribution is -2.20. The second-order valence-electron chi connectivity index (χ2n) is 5.82. The highest BCUT2D eigenvalue weighted by Crippen LogP contribution is 2.41. The van der Waals surface area contributed by atoms with E-state index >= 15 is 0 Å². The van der Waals surface area contributed by atoms with Crippen molar-refractivity contribution in [1.82, 2.24) is 0 Å². The molecule has 2 aromatic carbocycles. The minimum absolute atomic E-state index is 0.00696. The van der Waals surface area contributed by atoms with E-state index in [1.807, 2.05) is 12.1 Å². The van der Waals surface area contributed by atoms with Gasteiger partial charge in [0.25, 0.3) is 0 Å². The number of rotatable bonds is 2. The predicted molar refractivity (Wildman–Crippen MR) is 77.1 cm³/mol. The van der Waals surface area contributed by atoms with Crippen LogP contribution in [0.3, 0.4) is 0 Å². The SMILES string of the molecule is O=C1CC(c2ccc(C3CC3)cc2)Oc2cc(F)ccc21. The van der Waals surface area contributed by atoms with E-state index in [1.165, 1.54) is 36.6 Å². The Bertz CT molecular complexity index is 702. The van der Waals surface area contributed by atoms with Crippen molar-refractivity contribution >= 4 is 5.78 Å². The molecule has 0 aromatic heterocycles. The topological polar surface area (TPSA) is 26.3 Å². The first-order valence-electron chi connectivity index (χ1n) is 7.30. The molecule has 0 N–H and O–H groups in total. The van der Waals surface area contributed by atoms with E-state index in [-0.39, 0.29) is 17.7 Å². The van der Waals surface area contributed by atoms with Gasteiger partial charge in [-0.3, -0.25) is 4.79 Å². The van der Waals surface area contributed by atoms with Crippen LogP contribution in [-0.2, 0) is 0 Å². The van der Waals surface area contributed by atoms with Gasteiger partial charge in [-0.2, -0.15) is 0 Å². The van der Waals surface area contributed by atoms with Gasteiger partial charge in [-0.25, -0.2) is 4.39 Å². The Morgan fingerprint density at radius 1 is 1.00 bits per heavy atom. The lowest BCUT2D eigenvalue weighted by Gasteiger charge is -2.25. The molecule has 1 saturated carbocycles. The summed E-state index contributed by atoms with van der Waals surface area (Å²) < 4.78 is 19.1.